The highest BCUT2D eigenvalue weighted by Gasteiger charge is 2.30. The largest absolute Gasteiger partial charge is 0.470 e. The van der Waals surface area contributed by atoms with Gasteiger partial charge in [-0.05, 0) is 36.6 Å². The number of hydrogen-bond donors (Lipinski definition) is 2. The lowest BCUT2D eigenvalue weighted by atomic mass is 9.94. The second-order valence-corrected chi connectivity index (χ2v) is 6.67. The standard InChI is InChI=1S/C19H16F5N3O4/c20-9-1-3-11(14(21)5-9)13-6-15(16(25)28)27-17-12(13)4-2-10(31-17)7-30-18(29)26-8-19(22,23)24/h1,3,5-6,10H,2,4,7-8H2,(H2,25,28)(H,26,29). The molecule has 0 fully saturated rings. The first-order valence-corrected chi connectivity index (χ1v) is 8.96. The Balaban J connectivity index is 1.80. The van der Waals surface area contributed by atoms with Crippen LogP contribution in [0.5, 0.6) is 5.88 Å². The second kappa shape index (κ2) is 8.74. The van der Waals surface area contributed by atoms with E-state index in [2.05, 4.69) is 4.98 Å². The average Bonchev–Trinajstić information content (AvgIpc) is 2.69. The molecule has 3 N–H and O–H groups in total. The van der Waals surface area contributed by atoms with Gasteiger partial charge in [-0.15, -0.1) is 0 Å². The molecule has 1 atom stereocenters. The predicted molar refractivity (Wildman–Crippen MR) is 96.2 cm³/mol. The van der Waals surface area contributed by atoms with Crippen molar-refractivity contribution in [1.29, 1.82) is 0 Å². The van der Waals surface area contributed by atoms with Gasteiger partial charge in [-0.1, -0.05) is 0 Å². The van der Waals surface area contributed by atoms with E-state index in [4.69, 9.17) is 15.2 Å². The number of amides is 2. The number of aromatic nitrogens is 1. The van der Waals surface area contributed by atoms with Gasteiger partial charge in [0.25, 0.3) is 5.91 Å². The fourth-order valence-electron chi connectivity index (χ4n) is 2.99. The number of primary amides is 1. The average molecular weight is 445 g/mol. The third-order valence-corrected chi connectivity index (χ3v) is 4.39. The predicted octanol–water partition coefficient (Wildman–Crippen LogP) is 3.11. The smallest absolute Gasteiger partial charge is 0.407 e. The highest BCUT2D eigenvalue weighted by atomic mass is 19.4. The molecule has 7 nitrogen and oxygen atoms in total. The van der Waals surface area contributed by atoms with E-state index in [1.165, 1.54) is 12.1 Å². The number of carbonyl (C=O) groups excluding carboxylic acids is 2. The number of nitrogens with one attached hydrogen (secondary N) is 1. The molecule has 2 heterocycles. The van der Waals surface area contributed by atoms with Crippen LogP contribution in [0, 0.1) is 11.6 Å². The molecule has 1 aromatic heterocycles. The molecule has 2 amide bonds. The molecule has 0 radical (unpaired) electrons. The Morgan fingerprint density at radius 3 is 2.61 bits per heavy atom. The molecule has 2 aromatic rings. The molecule has 1 aliphatic rings. The molecular weight excluding hydrogens is 429 g/mol. The summed E-state index contributed by atoms with van der Waals surface area (Å²) in [5.41, 5.74) is 5.71. The molecular formula is C19H16F5N3O4. The highest BCUT2D eigenvalue weighted by Crippen LogP contribution is 2.36. The molecule has 12 heteroatoms. The number of alkyl carbamates (subject to hydrolysis) is 1. The lowest BCUT2D eigenvalue weighted by molar-refractivity contribution is -0.123. The number of nitrogens with zero attached hydrogens (tertiary/aromatic N) is 1. The molecule has 1 unspecified atom stereocenters. The Morgan fingerprint density at radius 2 is 1.97 bits per heavy atom. The van der Waals surface area contributed by atoms with Gasteiger partial charge in [0.05, 0.1) is 0 Å². The number of benzene rings is 1. The van der Waals surface area contributed by atoms with Crippen molar-refractivity contribution in [3.8, 4) is 17.0 Å². The van der Waals surface area contributed by atoms with Crippen LogP contribution in [0.2, 0.25) is 0 Å². The summed E-state index contributed by atoms with van der Waals surface area (Å²) < 4.78 is 74.3. The maximum atomic E-state index is 14.3. The minimum Gasteiger partial charge on any atom is -0.470 e. The van der Waals surface area contributed by atoms with Crippen molar-refractivity contribution < 1.29 is 41.0 Å². The normalized spacial score (nSPS) is 15.6. The molecule has 0 bridgehead atoms. The molecule has 31 heavy (non-hydrogen) atoms. The molecule has 1 aliphatic heterocycles. The van der Waals surface area contributed by atoms with Crippen LogP contribution in [-0.4, -0.2) is 42.4 Å². The summed E-state index contributed by atoms with van der Waals surface area (Å²) in [7, 11) is 0. The van der Waals surface area contributed by atoms with Crippen molar-refractivity contribution in [2.24, 2.45) is 5.73 Å². The van der Waals surface area contributed by atoms with E-state index < -0.39 is 42.5 Å². The van der Waals surface area contributed by atoms with Crippen LogP contribution in [0.15, 0.2) is 24.3 Å². The molecule has 0 spiro atoms. The maximum absolute atomic E-state index is 14.3. The lowest BCUT2D eigenvalue weighted by Gasteiger charge is -2.27. The summed E-state index contributed by atoms with van der Waals surface area (Å²) >= 11 is 0. The van der Waals surface area contributed by atoms with Crippen LogP contribution in [0.3, 0.4) is 0 Å². The molecule has 0 saturated heterocycles. The first kappa shape index (κ1) is 22.2. The number of ether oxygens (including phenoxy) is 2. The molecule has 3 rings (SSSR count). The van der Waals surface area contributed by atoms with Gasteiger partial charge >= 0.3 is 12.3 Å². The van der Waals surface area contributed by atoms with Crippen LogP contribution in [-0.2, 0) is 11.2 Å². The number of alkyl halides is 3. The zero-order valence-electron chi connectivity index (χ0n) is 15.8. The van der Waals surface area contributed by atoms with E-state index in [0.29, 0.717) is 11.6 Å². The van der Waals surface area contributed by atoms with Crippen molar-refractivity contribution >= 4 is 12.0 Å². The Morgan fingerprint density at radius 1 is 1.23 bits per heavy atom. The zero-order valence-corrected chi connectivity index (χ0v) is 15.8. The fourth-order valence-corrected chi connectivity index (χ4v) is 2.99. The fraction of sp³-hybridized carbons (Fsp3) is 0.316. The van der Waals surface area contributed by atoms with Crippen molar-refractivity contribution in [3.05, 3.63) is 47.2 Å². The Bertz CT molecular complexity index is 1010. The minimum atomic E-state index is -4.58. The van der Waals surface area contributed by atoms with Gasteiger partial charge in [0.2, 0.25) is 5.88 Å². The van der Waals surface area contributed by atoms with Gasteiger partial charge in [-0.25, -0.2) is 18.6 Å². The van der Waals surface area contributed by atoms with E-state index in [1.807, 2.05) is 0 Å². The van der Waals surface area contributed by atoms with Gasteiger partial charge in [0, 0.05) is 17.2 Å². The molecule has 1 aromatic carbocycles. The number of hydrogen-bond acceptors (Lipinski definition) is 5. The Hall–Kier alpha value is -3.44. The van der Waals surface area contributed by atoms with E-state index in [0.717, 1.165) is 6.07 Å². The number of pyridine rings is 1. The summed E-state index contributed by atoms with van der Waals surface area (Å²) in [5, 5.41) is 1.56. The van der Waals surface area contributed by atoms with Gasteiger partial charge in [-0.3, -0.25) is 4.79 Å². The maximum Gasteiger partial charge on any atom is 0.407 e. The van der Waals surface area contributed by atoms with Crippen molar-refractivity contribution in [3.63, 3.8) is 0 Å². The SMILES string of the molecule is NC(=O)c1cc(-c2ccc(F)cc2F)c2c(n1)OC(COC(=O)NCC(F)(F)F)CC2. The summed E-state index contributed by atoms with van der Waals surface area (Å²) in [6, 6.07) is 4.20. The van der Waals surface area contributed by atoms with Gasteiger partial charge < -0.3 is 20.5 Å². The van der Waals surface area contributed by atoms with Crippen LogP contribution in [0.1, 0.15) is 22.5 Å². The third-order valence-electron chi connectivity index (χ3n) is 4.39. The summed E-state index contributed by atoms with van der Waals surface area (Å²) in [5.74, 6) is -2.63. The topological polar surface area (TPSA) is 104 Å². The van der Waals surface area contributed by atoms with Gasteiger partial charge in [0.15, 0.2) is 0 Å². The summed E-state index contributed by atoms with van der Waals surface area (Å²) in [4.78, 5) is 27.0. The second-order valence-electron chi connectivity index (χ2n) is 6.67. The van der Waals surface area contributed by atoms with Crippen molar-refractivity contribution in [2.75, 3.05) is 13.2 Å². The van der Waals surface area contributed by atoms with Crippen molar-refractivity contribution in [1.82, 2.24) is 10.3 Å². The first-order chi connectivity index (χ1) is 14.5. The third kappa shape index (κ3) is 5.58. The van der Waals surface area contributed by atoms with Crippen LogP contribution in [0.25, 0.3) is 11.1 Å². The van der Waals surface area contributed by atoms with E-state index >= 15 is 0 Å². The summed E-state index contributed by atoms with van der Waals surface area (Å²) in [6.07, 6.45) is -6.12. The van der Waals surface area contributed by atoms with E-state index in [1.54, 1.807) is 5.32 Å². The lowest BCUT2D eigenvalue weighted by Crippen LogP contribution is -2.37. The van der Waals surface area contributed by atoms with Crippen LogP contribution in [0.4, 0.5) is 26.7 Å². The first-order valence-electron chi connectivity index (χ1n) is 8.96. The number of halogens is 5. The molecule has 0 saturated carbocycles. The van der Waals surface area contributed by atoms with Crippen LogP contribution < -0.4 is 15.8 Å². The monoisotopic (exact) mass is 445 g/mol. The van der Waals surface area contributed by atoms with E-state index in [-0.39, 0.29) is 42.1 Å². The quantitative estimate of drug-likeness (QED) is 0.689. The highest BCUT2D eigenvalue weighted by molar-refractivity contribution is 5.93. The number of fused-ring (bicyclic) bond motifs is 1. The molecule has 166 valence electrons. The number of rotatable bonds is 5. The number of carbonyl (C=O) groups is 2. The van der Waals surface area contributed by atoms with Crippen LogP contribution >= 0.6 is 0 Å². The van der Waals surface area contributed by atoms with Gasteiger partial charge in [0.1, 0.15) is 36.6 Å². The van der Waals surface area contributed by atoms with Crippen molar-refractivity contribution in [2.45, 2.75) is 25.1 Å². The number of nitrogens with two attached hydrogens (primary N) is 1. The van der Waals surface area contributed by atoms with E-state index in [9.17, 15) is 31.5 Å². The Kier molecular flexibility index (Phi) is 6.27. The minimum absolute atomic E-state index is 0.00683. The zero-order chi connectivity index (χ0) is 22.8. The van der Waals surface area contributed by atoms with Gasteiger partial charge in [-0.2, -0.15) is 13.2 Å². The summed E-state index contributed by atoms with van der Waals surface area (Å²) in [6.45, 7) is -1.93. The molecule has 0 aliphatic carbocycles. The Labute approximate surface area is 172 Å².